The van der Waals surface area contributed by atoms with E-state index in [0.717, 1.165) is 24.3 Å². The van der Waals surface area contributed by atoms with E-state index in [1.54, 1.807) is 0 Å². The van der Waals surface area contributed by atoms with Crippen LogP contribution in [0.2, 0.25) is 0 Å². The van der Waals surface area contributed by atoms with Crippen molar-refractivity contribution < 1.29 is 9.53 Å². The van der Waals surface area contributed by atoms with Gasteiger partial charge in [-0.05, 0) is 25.0 Å². The third kappa shape index (κ3) is 1.47. The summed E-state index contributed by atoms with van der Waals surface area (Å²) in [4.78, 5) is 14.1. The second kappa shape index (κ2) is 3.81. The van der Waals surface area contributed by atoms with E-state index in [2.05, 4.69) is 0 Å². The Bertz CT molecular complexity index is 412. The number of benzene rings is 1. The Morgan fingerprint density at radius 2 is 2.12 bits per heavy atom. The summed E-state index contributed by atoms with van der Waals surface area (Å²) in [5, 5.41) is 0. The molecule has 1 aliphatic carbocycles. The molecular weight excluding hydrogens is 202 g/mol. The van der Waals surface area contributed by atoms with Gasteiger partial charge in [0.2, 0.25) is 5.91 Å². The number of hydrogen-bond donors (Lipinski definition) is 0. The first-order valence-electron chi connectivity index (χ1n) is 5.89. The van der Waals surface area contributed by atoms with Crippen molar-refractivity contribution in [3.05, 3.63) is 24.3 Å². The van der Waals surface area contributed by atoms with Crippen LogP contribution in [-0.4, -0.2) is 19.1 Å². The zero-order valence-corrected chi connectivity index (χ0v) is 9.19. The highest BCUT2D eigenvalue weighted by Gasteiger charge is 2.32. The van der Waals surface area contributed by atoms with Gasteiger partial charge < -0.3 is 9.64 Å². The number of carbonyl (C=O) groups is 1. The Labute approximate surface area is 95.0 Å². The molecular formula is C13H15NO2. The second-order valence-corrected chi connectivity index (χ2v) is 4.43. The van der Waals surface area contributed by atoms with Gasteiger partial charge in [-0.15, -0.1) is 0 Å². The molecule has 3 nitrogen and oxygen atoms in total. The number of rotatable bonds is 1. The van der Waals surface area contributed by atoms with Crippen LogP contribution in [0.25, 0.3) is 0 Å². The monoisotopic (exact) mass is 217 g/mol. The summed E-state index contributed by atoms with van der Waals surface area (Å²) in [5.74, 6) is 1.37. The molecule has 16 heavy (non-hydrogen) atoms. The van der Waals surface area contributed by atoms with Gasteiger partial charge >= 0.3 is 0 Å². The fourth-order valence-electron chi connectivity index (χ4n) is 2.27. The highest BCUT2D eigenvalue weighted by Crippen LogP contribution is 2.35. The molecule has 1 heterocycles. The molecule has 0 N–H and O–H groups in total. The number of ether oxygens (including phenoxy) is 1. The molecule has 1 aromatic carbocycles. The normalized spacial score (nSPS) is 19.6. The number of para-hydroxylation sites is 2. The number of anilines is 1. The molecule has 0 saturated heterocycles. The topological polar surface area (TPSA) is 29.5 Å². The average Bonchev–Trinajstić information content (AvgIpc) is 2.26. The van der Waals surface area contributed by atoms with Crippen molar-refractivity contribution in [1.82, 2.24) is 0 Å². The number of carbonyl (C=O) groups excluding carboxylic acids is 1. The Balaban J connectivity index is 1.89. The molecule has 1 aromatic rings. The highest BCUT2D eigenvalue weighted by atomic mass is 16.5. The van der Waals surface area contributed by atoms with Crippen molar-refractivity contribution in [2.24, 2.45) is 5.92 Å². The van der Waals surface area contributed by atoms with Crippen molar-refractivity contribution in [3.63, 3.8) is 0 Å². The summed E-state index contributed by atoms with van der Waals surface area (Å²) in [6, 6.07) is 7.78. The molecule has 3 heteroatoms. The van der Waals surface area contributed by atoms with Crippen LogP contribution < -0.4 is 9.64 Å². The standard InChI is InChI=1S/C13H15NO2/c15-13(10-4-3-5-10)14-8-9-16-12-7-2-1-6-11(12)14/h1-2,6-7,10H,3-5,8-9H2. The van der Waals surface area contributed by atoms with Gasteiger partial charge in [-0.1, -0.05) is 18.6 Å². The van der Waals surface area contributed by atoms with Crippen molar-refractivity contribution in [2.75, 3.05) is 18.1 Å². The molecule has 2 aliphatic rings. The first-order valence-corrected chi connectivity index (χ1v) is 5.89. The number of hydrogen-bond acceptors (Lipinski definition) is 2. The molecule has 1 saturated carbocycles. The Morgan fingerprint density at radius 1 is 1.31 bits per heavy atom. The van der Waals surface area contributed by atoms with Gasteiger partial charge in [-0.25, -0.2) is 0 Å². The van der Waals surface area contributed by atoms with Gasteiger partial charge in [0.05, 0.1) is 12.2 Å². The van der Waals surface area contributed by atoms with Crippen LogP contribution in [0.4, 0.5) is 5.69 Å². The molecule has 84 valence electrons. The smallest absolute Gasteiger partial charge is 0.230 e. The molecule has 0 bridgehead atoms. The van der Waals surface area contributed by atoms with Gasteiger partial charge in [0.1, 0.15) is 12.4 Å². The van der Waals surface area contributed by atoms with Crippen LogP contribution in [0.15, 0.2) is 24.3 Å². The summed E-state index contributed by atoms with van der Waals surface area (Å²) in [6.45, 7) is 1.29. The third-order valence-electron chi connectivity index (χ3n) is 3.45. The molecule has 0 unspecified atom stereocenters. The maximum absolute atomic E-state index is 12.2. The fourth-order valence-corrected chi connectivity index (χ4v) is 2.27. The largest absolute Gasteiger partial charge is 0.490 e. The van der Waals surface area contributed by atoms with Crippen LogP contribution in [0.5, 0.6) is 5.75 Å². The lowest BCUT2D eigenvalue weighted by atomic mass is 9.84. The Hall–Kier alpha value is -1.51. The van der Waals surface area contributed by atoms with Gasteiger partial charge in [-0.2, -0.15) is 0 Å². The van der Waals surface area contributed by atoms with Crippen LogP contribution >= 0.6 is 0 Å². The number of amides is 1. The summed E-state index contributed by atoms with van der Waals surface area (Å²) >= 11 is 0. The van der Waals surface area contributed by atoms with E-state index in [1.165, 1.54) is 6.42 Å². The third-order valence-corrected chi connectivity index (χ3v) is 3.45. The van der Waals surface area contributed by atoms with E-state index in [4.69, 9.17) is 4.74 Å². The second-order valence-electron chi connectivity index (χ2n) is 4.43. The lowest BCUT2D eigenvalue weighted by Gasteiger charge is -2.34. The summed E-state index contributed by atoms with van der Waals surface area (Å²) in [6.07, 6.45) is 3.30. The minimum absolute atomic E-state index is 0.256. The minimum atomic E-state index is 0.256. The SMILES string of the molecule is O=C(C1CCC1)N1CCOc2ccccc21. The van der Waals surface area contributed by atoms with Gasteiger partial charge in [-0.3, -0.25) is 4.79 Å². The quantitative estimate of drug-likeness (QED) is 0.721. The molecule has 1 fully saturated rings. The van der Waals surface area contributed by atoms with Crippen molar-refractivity contribution in [1.29, 1.82) is 0 Å². The van der Waals surface area contributed by atoms with Crippen LogP contribution in [0.3, 0.4) is 0 Å². The minimum Gasteiger partial charge on any atom is -0.490 e. The van der Waals surface area contributed by atoms with Crippen molar-refractivity contribution >= 4 is 11.6 Å². The molecule has 0 spiro atoms. The maximum Gasteiger partial charge on any atom is 0.230 e. The summed E-state index contributed by atoms with van der Waals surface area (Å²) in [7, 11) is 0. The van der Waals surface area contributed by atoms with Crippen molar-refractivity contribution in [3.8, 4) is 5.75 Å². The Morgan fingerprint density at radius 3 is 2.88 bits per heavy atom. The average molecular weight is 217 g/mol. The zero-order valence-electron chi connectivity index (χ0n) is 9.19. The van der Waals surface area contributed by atoms with Gasteiger partial charge in [0, 0.05) is 5.92 Å². The van der Waals surface area contributed by atoms with E-state index >= 15 is 0 Å². The lowest BCUT2D eigenvalue weighted by molar-refractivity contribution is -0.124. The van der Waals surface area contributed by atoms with E-state index in [1.807, 2.05) is 29.2 Å². The van der Waals surface area contributed by atoms with Gasteiger partial charge in [0.25, 0.3) is 0 Å². The predicted octanol–water partition coefficient (Wildman–Crippen LogP) is 2.21. The van der Waals surface area contributed by atoms with Crippen LogP contribution in [0.1, 0.15) is 19.3 Å². The van der Waals surface area contributed by atoms with E-state index in [0.29, 0.717) is 13.2 Å². The predicted molar refractivity (Wildman–Crippen MR) is 61.6 cm³/mol. The molecule has 3 rings (SSSR count). The first-order chi connectivity index (χ1) is 7.86. The van der Waals surface area contributed by atoms with Crippen LogP contribution in [0, 0.1) is 5.92 Å². The van der Waals surface area contributed by atoms with E-state index in [-0.39, 0.29) is 11.8 Å². The Kier molecular flexibility index (Phi) is 2.31. The van der Waals surface area contributed by atoms with E-state index in [9.17, 15) is 4.79 Å². The fraction of sp³-hybridized carbons (Fsp3) is 0.462. The summed E-state index contributed by atoms with van der Waals surface area (Å²) in [5.41, 5.74) is 0.936. The van der Waals surface area contributed by atoms with Gasteiger partial charge in [0.15, 0.2) is 0 Å². The highest BCUT2D eigenvalue weighted by molar-refractivity contribution is 5.97. The number of fused-ring (bicyclic) bond motifs is 1. The van der Waals surface area contributed by atoms with Crippen molar-refractivity contribution in [2.45, 2.75) is 19.3 Å². The molecule has 0 aromatic heterocycles. The zero-order chi connectivity index (χ0) is 11.0. The first kappa shape index (κ1) is 9.70. The molecule has 0 radical (unpaired) electrons. The summed E-state index contributed by atoms with van der Waals surface area (Å²) < 4.78 is 5.54. The number of nitrogens with zero attached hydrogens (tertiary/aromatic N) is 1. The van der Waals surface area contributed by atoms with E-state index < -0.39 is 0 Å². The lowest BCUT2D eigenvalue weighted by Crippen LogP contribution is -2.43. The molecule has 1 aliphatic heterocycles. The van der Waals surface area contributed by atoms with Crippen LogP contribution in [-0.2, 0) is 4.79 Å². The maximum atomic E-state index is 12.2. The molecule has 1 amide bonds. The molecule has 0 atom stereocenters.